The second kappa shape index (κ2) is 12.9. The van der Waals surface area contributed by atoms with Gasteiger partial charge in [0.2, 0.25) is 24.8 Å². The molecule has 0 fully saturated rings. The Morgan fingerprint density at radius 2 is 1.18 bits per heavy atom. The normalized spacial score (nSPS) is 12.3. The van der Waals surface area contributed by atoms with E-state index in [1.807, 2.05) is 55.4 Å². The fourth-order valence-electron chi connectivity index (χ4n) is 4.48. The maximum absolute atomic E-state index is 6.39. The Balaban J connectivity index is 0.000000162. The van der Waals surface area contributed by atoms with E-state index in [2.05, 4.69) is 25.3 Å². The number of halogens is 3. The number of ether oxygens (including phenoxy) is 4. The number of fused-ring (bicyclic) bond motifs is 2. The first-order chi connectivity index (χ1) is 21.4. The Bertz CT molecular complexity index is 1800. The van der Waals surface area contributed by atoms with Crippen LogP contribution in [0.3, 0.4) is 0 Å². The third kappa shape index (κ3) is 6.16. The van der Waals surface area contributed by atoms with Crippen molar-refractivity contribution in [1.29, 1.82) is 0 Å². The zero-order valence-corrected chi connectivity index (χ0v) is 25.6. The van der Waals surface area contributed by atoms with Gasteiger partial charge < -0.3 is 34.1 Å². The molecule has 11 nitrogen and oxygen atoms in total. The molecule has 1 N–H and O–H groups in total. The van der Waals surface area contributed by atoms with E-state index < -0.39 is 0 Å². The summed E-state index contributed by atoms with van der Waals surface area (Å²) >= 11 is 18.4. The molecular formula is C30H24Cl3N7O4. The zero-order valence-electron chi connectivity index (χ0n) is 23.4. The molecule has 0 atom stereocenters. The predicted molar refractivity (Wildman–Crippen MR) is 170 cm³/mol. The molecule has 0 aliphatic carbocycles. The number of benzene rings is 3. The first-order valence-corrected chi connectivity index (χ1v) is 14.3. The molecular weight excluding hydrogens is 629 g/mol. The van der Waals surface area contributed by atoms with E-state index in [1.54, 1.807) is 47.6 Å². The highest BCUT2D eigenvalue weighted by Crippen LogP contribution is 2.48. The highest BCUT2D eigenvalue weighted by atomic mass is 35.5. The van der Waals surface area contributed by atoms with Crippen molar-refractivity contribution >= 4 is 69.4 Å². The van der Waals surface area contributed by atoms with E-state index in [0.717, 1.165) is 5.69 Å². The lowest BCUT2D eigenvalue weighted by molar-refractivity contribution is 0.174. The van der Waals surface area contributed by atoms with Crippen LogP contribution in [-0.2, 0) is 0 Å². The molecule has 224 valence electrons. The van der Waals surface area contributed by atoms with Crippen molar-refractivity contribution in [3.8, 4) is 23.0 Å². The summed E-state index contributed by atoms with van der Waals surface area (Å²) in [6.07, 6.45) is 3.27. The number of nitrogens with one attached hydrogen (secondary N) is 1. The Morgan fingerprint density at radius 3 is 1.75 bits per heavy atom. The summed E-state index contributed by atoms with van der Waals surface area (Å²) in [5, 5.41) is 4.45. The summed E-state index contributed by atoms with van der Waals surface area (Å²) in [6, 6.07) is 20.4. The summed E-state index contributed by atoms with van der Waals surface area (Å²) in [6.45, 7) is 0.363. The van der Waals surface area contributed by atoms with Crippen molar-refractivity contribution in [2.75, 3.05) is 42.8 Å². The lowest BCUT2D eigenvalue weighted by atomic mass is 10.2. The van der Waals surface area contributed by atoms with Crippen LogP contribution in [0.5, 0.6) is 23.0 Å². The van der Waals surface area contributed by atoms with Gasteiger partial charge in [0, 0.05) is 32.2 Å². The minimum atomic E-state index is 0.171. The molecule has 7 rings (SSSR count). The standard InChI is InChI=1S/C18H15ClN4O2.C12H9Cl2N3O2/c1-23(16-13(19)7-8-14-17(16)25-11-24-14)15-9-10-20-18(22-15)21-12-5-3-2-4-6-12;1-17(9-4-5-15-12(14)16-9)10-7(13)2-3-8-11(10)19-6-18-8/h2-10H,11H2,1H3,(H,20,21,22);2-5H,6H2,1H3. The summed E-state index contributed by atoms with van der Waals surface area (Å²) in [5.41, 5.74) is 2.31. The maximum atomic E-state index is 6.39. The molecule has 2 aliphatic rings. The summed E-state index contributed by atoms with van der Waals surface area (Å²) in [7, 11) is 3.69. The fraction of sp³-hybridized carbons (Fsp3) is 0.133. The second-order valence-corrected chi connectivity index (χ2v) is 10.4. The lowest BCUT2D eigenvalue weighted by Crippen LogP contribution is -2.13. The Hall–Kier alpha value is -4.71. The van der Waals surface area contributed by atoms with Crippen molar-refractivity contribution in [3.05, 3.63) is 94.5 Å². The molecule has 0 saturated carbocycles. The van der Waals surface area contributed by atoms with Crippen LogP contribution in [0.25, 0.3) is 0 Å². The smallest absolute Gasteiger partial charge is 0.231 e. The van der Waals surface area contributed by atoms with Crippen LogP contribution >= 0.6 is 34.8 Å². The Labute approximate surface area is 267 Å². The molecule has 2 aromatic heterocycles. The van der Waals surface area contributed by atoms with E-state index in [4.69, 9.17) is 53.8 Å². The monoisotopic (exact) mass is 651 g/mol. The molecule has 4 heterocycles. The molecule has 0 unspecified atom stereocenters. The quantitative estimate of drug-likeness (QED) is 0.183. The second-order valence-electron chi connectivity index (χ2n) is 9.29. The highest BCUT2D eigenvalue weighted by molar-refractivity contribution is 6.34. The van der Waals surface area contributed by atoms with Gasteiger partial charge in [-0.3, -0.25) is 0 Å². The van der Waals surface area contributed by atoms with E-state index in [1.165, 1.54) is 0 Å². The number of nitrogens with zero attached hydrogens (tertiary/aromatic N) is 6. The molecule has 0 saturated heterocycles. The lowest BCUT2D eigenvalue weighted by Gasteiger charge is -2.21. The average molecular weight is 653 g/mol. The van der Waals surface area contributed by atoms with Gasteiger partial charge in [-0.15, -0.1) is 0 Å². The van der Waals surface area contributed by atoms with Gasteiger partial charge in [0.15, 0.2) is 23.0 Å². The van der Waals surface area contributed by atoms with Gasteiger partial charge in [0.1, 0.15) is 23.0 Å². The number of rotatable bonds is 6. The van der Waals surface area contributed by atoms with Gasteiger partial charge in [-0.2, -0.15) is 4.98 Å². The first-order valence-electron chi connectivity index (χ1n) is 13.2. The molecule has 5 aromatic rings. The van der Waals surface area contributed by atoms with E-state index in [-0.39, 0.29) is 18.9 Å². The molecule has 44 heavy (non-hydrogen) atoms. The molecule has 2 aliphatic heterocycles. The number of hydrogen-bond donors (Lipinski definition) is 1. The molecule has 0 spiro atoms. The van der Waals surface area contributed by atoms with Crippen LogP contribution in [-0.4, -0.2) is 47.6 Å². The minimum absolute atomic E-state index is 0.171. The highest BCUT2D eigenvalue weighted by Gasteiger charge is 2.25. The zero-order chi connectivity index (χ0) is 30.6. The molecule has 0 bridgehead atoms. The van der Waals surface area contributed by atoms with E-state index >= 15 is 0 Å². The number of aromatic nitrogens is 4. The van der Waals surface area contributed by atoms with Crippen molar-refractivity contribution in [1.82, 2.24) is 19.9 Å². The SMILES string of the molecule is CN(c1ccnc(Cl)n1)c1c(Cl)ccc2c1OCO2.CN(c1ccnc(Nc2ccccc2)n1)c1c(Cl)ccc2c1OCO2. The van der Waals surface area contributed by atoms with Crippen LogP contribution in [0, 0.1) is 0 Å². The number of anilines is 6. The maximum Gasteiger partial charge on any atom is 0.231 e. The van der Waals surface area contributed by atoms with Gasteiger partial charge in [0.05, 0.1) is 10.0 Å². The number of hydrogen-bond acceptors (Lipinski definition) is 11. The number of para-hydroxylation sites is 1. The molecule has 0 amide bonds. The van der Waals surface area contributed by atoms with Gasteiger partial charge in [-0.1, -0.05) is 41.4 Å². The van der Waals surface area contributed by atoms with Crippen molar-refractivity contribution in [2.24, 2.45) is 0 Å². The van der Waals surface area contributed by atoms with E-state index in [0.29, 0.717) is 62.0 Å². The fourth-order valence-corrected chi connectivity index (χ4v) is 5.18. The molecule has 3 aromatic carbocycles. The van der Waals surface area contributed by atoms with Crippen molar-refractivity contribution < 1.29 is 18.9 Å². The van der Waals surface area contributed by atoms with Gasteiger partial charge in [0.25, 0.3) is 0 Å². The average Bonchev–Trinajstić information content (AvgIpc) is 3.71. The topological polar surface area (TPSA) is 107 Å². The summed E-state index contributed by atoms with van der Waals surface area (Å²) in [5.74, 6) is 4.34. The van der Waals surface area contributed by atoms with Crippen molar-refractivity contribution in [2.45, 2.75) is 0 Å². The molecule has 0 radical (unpaired) electrons. The minimum Gasteiger partial charge on any atom is -0.454 e. The van der Waals surface area contributed by atoms with Crippen LogP contribution in [0.15, 0.2) is 79.1 Å². The van der Waals surface area contributed by atoms with Gasteiger partial charge in [-0.05, 0) is 60.1 Å². The largest absolute Gasteiger partial charge is 0.454 e. The van der Waals surface area contributed by atoms with E-state index in [9.17, 15) is 0 Å². The summed E-state index contributed by atoms with van der Waals surface area (Å²) in [4.78, 5) is 20.5. The summed E-state index contributed by atoms with van der Waals surface area (Å²) < 4.78 is 21.8. The predicted octanol–water partition coefficient (Wildman–Crippen LogP) is 7.65. The van der Waals surface area contributed by atoms with Gasteiger partial charge in [-0.25, -0.2) is 15.0 Å². The van der Waals surface area contributed by atoms with Crippen LogP contribution in [0.2, 0.25) is 15.3 Å². The van der Waals surface area contributed by atoms with Gasteiger partial charge >= 0.3 is 0 Å². The van der Waals surface area contributed by atoms with Crippen LogP contribution in [0.4, 0.5) is 34.6 Å². The van der Waals surface area contributed by atoms with Crippen molar-refractivity contribution in [3.63, 3.8) is 0 Å². The Morgan fingerprint density at radius 1 is 0.636 bits per heavy atom. The Kier molecular flexibility index (Phi) is 8.60. The van der Waals surface area contributed by atoms with Crippen LogP contribution in [0.1, 0.15) is 0 Å². The van der Waals surface area contributed by atoms with Crippen LogP contribution < -0.4 is 34.1 Å². The molecule has 14 heteroatoms. The third-order valence-corrected chi connectivity index (χ3v) is 7.36. The third-order valence-electron chi connectivity index (χ3n) is 6.57. The first kappa shape index (κ1) is 29.4.